The molecule has 0 amide bonds. The summed E-state index contributed by atoms with van der Waals surface area (Å²) in [4.78, 5) is 2.36. The first-order valence-corrected chi connectivity index (χ1v) is 7.49. The molecule has 1 aromatic carbocycles. The molecule has 0 spiro atoms. The Balaban J connectivity index is 2.07. The molecule has 1 fully saturated rings. The molecule has 112 valence electrons. The predicted molar refractivity (Wildman–Crippen MR) is 81.3 cm³/mol. The third-order valence-electron chi connectivity index (χ3n) is 3.91. The quantitative estimate of drug-likeness (QED) is 0.877. The lowest BCUT2D eigenvalue weighted by Crippen LogP contribution is -2.35. The number of likely N-dealkylation sites (tertiary alicyclic amines) is 1. The number of hydrogen-bond acceptors (Lipinski definition) is 4. The molecule has 1 aliphatic rings. The number of benzene rings is 1. The Kier molecular flexibility index (Phi) is 5.52. The van der Waals surface area contributed by atoms with Crippen molar-refractivity contribution >= 4 is 11.6 Å². The van der Waals surface area contributed by atoms with Crippen LogP contribution in [0, 0.1) is 5.92 Å². The van der Waals surface area contributed by atoms with Gasteiger partial charge in [-0.3, -0.25) is 4.90 Å². The van der Waals surface area contributed by atoms with Crippen LogP contribution in [-0.2, 0) is 6.54 Å². The van der Waals surface area contributed by atoms with Crippen LogP contribution in [0.3, 0.4) is 0 Å². The second-order valence-electron chi connectivity index (χ2n) is 5.44. The highest BCUT2D eigenvalue weighted by Crippen LogP contribution is 2.34. The fraction of sp³-hybridized carbons (Fsp3) is 0.600. The van der Waals surface area contributed by atoms with Gasteiger partial charge < -0.3 is 15.6 Å². The molecule has 3 N–H and O–H groups in total. The summed E-state index contributed by atoms with van der Waals surface area (Å²) in [6.45, 7) is 3.53. The molecular formula is C15H23ClN2O2. The van der Waals surface area contributed by atoms with Gasteiger partial charge >= 0.3 is 0 Å². The Morgan fingerprint density at radius 2 is 2.30 bits per heavy atom. The molecule has 1 heterocycles. The van der Waals surface area contributed by atoms with Gasteiger partial charge in [0.25, 0.3) is 0 Å². The molecule has 2 rings (SSSR count). The molecule has 0 bridgehead atoms. The standard InChI is InChI=1S/C15H23ClN2O2/c1-20-14-8-13(16)7-12(15(14)19)10-18-6-2-3-11(9-18)4-5-17/h7-8,11,19H,2-6,9-10,17H2,1H3. The lowest BCUT2D eigenvalue weighted by Gasteiger charge is -2.32. The summed E-state index contributed by atoms with van der Waals surface area (Å²) in [5, 5.41) is 10.8. The van der Waals surface area contributed by atoms with Crippen LogP contribution in [0.4, 0.5) is 0 Å². The minimum atomic E-state index is 0.192. The van der Waals surface area contributed by atoms with Gasteiger partial charge in [-0.2, -0.15) is 0 Å². The van der Waals surface area contributed by atoms with Gasteiger partial charge in [0.05, 0.1) is 7.11 Å². The van der Waals surface area contributed by atoms with Crippen LogP contribution in [0.5, 0.6) is 11.5 Å². The van der Waals surface area contributed by atoms with Gasteiger partial charge in [0, 0.05) is 29.7 Å². The molecule has 1 unspecified atom stereocenters. The molecule has 0 aromatic heterocycles. The lowest BCUT2D eigenvalue weighted by molar-refractivity contribution is 0.161. The molecule has 1 aromatic rings. The summed E-state index contributed by atoms with van der Waals surface area (Å²) >= 11 is 6.07. The fourth-order valence-corrected chi connectivity index (χ4v) is 3.14. The summed E-state index contributed by atoms with van der Waals surface area (Å²) in [5.74, 6) is 1.29. The third-order valence-corrected chi connectivity index (χ3v) is 4.13. The van der Waals surface area contributed by atoms with Crippen LogP contribution in [0.25, 0.3) is 0 Å². The average Bonchev–Trinajstić information content (AvgIpc) is 2.43. The van der Waals surface area contributed by atoms with Crippen molar-refractivity contribution in [2.45, 2.75) is 25.8 Å². The van der Waals surface area contributed by atoms with E-state index in [9.17, 15) is 5.11 Å². The smallest absolute Gasteiger partial charge is 0.162 e. The maximum Gasteiger partial charge on any atom is 0.162 e. The molecule has 5 heteroatoms. The number of phenols is 1. The Labute approximate surface area is 125 Å². The van der Waals surface area contributed by atoms with E-state index in [1.54, 1.807) is 6.07 Å². The largest absolute Gasteiger partial charge is 0.504 e. The number of nitrogens with two attached hydrogens (primary N) is 1. The van der Waals surface area contributed by atoms with Crippen molar-refractivity contribution in [1.29, 1.82) is 0 Å². The number of halogens is 1. The minimum absolute atomic E-state index is 0.192. The van der Waals surface area contributed by atoms with Gasteiger partial charge in [0.15, 0.2) is 11.5 Å². The first kappa shape index (κ1) is 15.4. The molecule has 1 atom stereocenters. The molecule has 20 heavy (non-hydrogen) atoms. The SMILES string of the molecule is COc1cc(Cl)cc(CN2CCCC(CCN)C2)c1O. The van der Waals surface area contributed by atoms with E-state index >= 15 is 0 Å². The van der Waals surface area contributed by atoms with Gasteiger partial charge in [-0.1, -0.05) is 11.6 Å². The van der Waals surface area contributed by atoms with Crippen LogP contribution >= 0.6 is 11.6 Å². The summed E-state index contributed by atoms with van der Waals surface area (Å²) in [7, 11) is 1.54. The van der Waals surface area contributed by atoms with Crippen LogP contribution < -0.4 is 10.5 Å². The average molecular weight is 299 g/mol. The number of phenolic OH excluding ortho intramolecular Hbond substituents is 1. The summed E-state index contributed by atoms with van der Waals surface area (Å²) < 4.78 is 5.15. The van der Waals surface area contributed by atoms with Crippen molar-refractivity contribution in [1.82, 2.24) is 4.90 Å². The van der Waals surface area contributed by atoms with Gasteiger partial charge in [-0.25, -0.2) is 0 Å². The number of hydrogen-bond donors (Lipinski definition) is 2. The van der Waals surface area contributed by atoms with Crippen molar-refractivity contribution in [3.05, 3.63) is 22.7 Å². The number of aromatic hydroxyl groups is 1. The highest BCUT2D eigenvalue weighted by atomic mass is 35.5. The van der Waals surface area contributed by atoms with Gasteiger partial charge in [-0.05, 0) is 44.3 Å². The lowest BCUT2D eigenvalue weighted by atomic mass is 9.94. The second-order valence-corrected chi connectivity index (χ2v) is 5.87. The Bertz CT molecular complexity index is 452. The maximum atomic E-state index is 10.2. The van der Waals surface area contributed by atoms with Crippen molar-refractivity contribution < 1.29 is 9.84 Å². The first-order chi connectivity index (χ1) is 9.63. The van der Waals surface area contributed by atoms with E-state index in [2.05, 4.69) is 4.90 Å². The van der Waals surface area contributed by atoms with E-state index in [0.717, 1.165) is 31.6 Å². The fourth-order valence-electron chi connectivity index (χ4n) is 2.91. The van der Waals surface area contributed by atoms with E-state index in [-0.39, 0.29) is 5.75 Å². The topological polar surface area (TPSA) is 58.7 Å². The van der Waals surface area contributed by atoms with E-state index in [1.165, 1.54) is 20.0 Å². The van der Waals surface area contributed by atoms with Gasteiger partial charge in [-0.15, -0.1) is 0 Å². The van der Waals surface area contributed by atoms with Crippen molar-refractivity contribution in [2.75, 3.05) is 26.7 Å². The number of piperidine rings is 1. The zero-order chi connectivity index (χ0) is 14.5. The van der Waals surface area contributed by atoms with E-state index in [1.807, 2.05) is 6.07 Å². The van der Waals surface area contributed by atoms with Crippen molar-refractivity contribution in [2.24, 2.45) is 11.7 Å². The maximum absolute atomic E-state index is 10.2. The van der Waals surface area contributed by atoms with E-state index < -0.39 is 0 Å². The molecule has 1 aliphatic heterocycles. The number of rotatable bonds is 5. The van der Waals surface area contributed by atoms with Gasteiger partial charge in [0.1, 0.15) is 0 Å². The molecule has 0 aliphatic carbocycles. The number of methoxy groups -OCH3 is 1. The molecule has 1 saturated heterocycles. The first-order valence-electron chi connectivity index (χ1n) is 7.11. The Morgan fingerprint density at radius 3 is 3.00 bits per heavy atom. The molecular weight excluding hydrogens is 276 g/mol. The predicted octanol–water partition coefficient (Wildman–Crippen LogP) is 2.61. The molecule has 0 radical (unpaired) electrons. The zero-order valence-corrected chi connectivity index (χ0v) is 12.7. The van der Waals surface area contributed by atoms with Crippen molar-refractivity contribution in [3.63, 3.8) is 0 Å². The number of ether oxygens (including phenoxy) is 1. The van der Waals surface area contributed by atoms with Crippen molar-refractivity contribution in [3.8, 4) is 11.5 Å². The van der Waals surface area contributed by atoms with Gasteiger partial charge in [0.2, 0.25) is 0 Å². The Hall–Kier alpha value is -0.970. The second kappa shape index (κ2) is 7.16. The molecule has 0 saturated carbocycles. The van der Waals surface area contributed by atoms with Crippen LogP contribution in [0.15, 0.2) is 12.1 Å². The third kappa shape index (κ3) is 3.78. The number of nitrogens with zero attached hydrogens (tertiary/aromatic N) is 1. The summed E-state index contributed by atoms with van der Waals surface area (Å²) in [6, 6.07) is 3.44. The van der Waals surface area contributed by atoms with Crippen LogP contribution in [-0.4, -0.2) is 36.8 Å². The monoisotopic (exact) mass is 298 g/mol. The highest BCUT2D eigenvalue weighted by Gasteiger charge is 2.21. The Morgan fingerprint density at radius 1 is 1.50 bits per heavy atom. The van der Waals surface area contributed by atoms with E-state index in [4.69, 9.17) is 22.1 Å². The van der Waals surface area contributed by atoms with E-state index in [0.29, 0.717) is 23.2 Å². The van der Waals surface area contributed by atoms with Crippen LogP contribution in [0.2, 0.25) is 5.02 Å². The zero-order valence-electron chi connectivity index (χ0n) is 11.9. The molecule has 4 nitrogen and oxygen atoms in total. The normalized spacial score (nSPS) is 20.1. The highest BCUT2D eigenvalue weighted by molar-refractivity contribution is 6.30. The minimum Gasteiger partial charge on any atom is -0.504 e. The van der Waals surface area contributed by atoms with Crippen LogP contribution in [0.1, 0.15) is 24.8 Å². The summed E-state index contributed by atoms with van der Waals surface area (Å²) in [5.41, 5.74) is 6.47. The summed E-state index contributed by atoms with van der Waals surface area (Å²) in [6.07, 6.45) is 3.50.